The molecule has 6 heteroatoms. The number of hydrogen-bond acceptors (Lipinski definition) is 5. The Morgan fingerprint density at radius 2 is 1.90 bits per heavy atom. The van der Waals surface area contributed by atoms with E-state index in [1.807, 2.05) is 60.8 Å². The lowest BCUT2D eigenvalue weighted by Gasteiger charge is -2.07. The lowest BCUT2D eigenvalue weighted by molar-refractivity contribution is -0.111. The Balaban J connectivity index is 1.61. The number of benzene rings is 2. The smallest absolute Gasteiger partial charge is 0.250 e. The Bertz CT molecular complexity index is 964. The zero-order chi connectivity index (χ0) is 20.5. The predicted molar refractivity (Wildman–Crippen MR) is 119 cm³/mol. The third-order valence-corrected chi connectivity index (χ3v) is 4.74. The van der Waals surface area contributed by atoms with Gasteiger partial charge in [0.1, 0.15) is 11.5 Å². The molecule has 0 fully saturated rings. The summed E-state index contributed by atoms with van der Waals surface area (Å²) in [6.07, 6.45) is 4.23. The van der Waals surface area contributed by atoms with E-state index in [4.69, 9.17) is 9.47 Å². The zero-order valence-corrected chi connectivity index (χ0v) is 17.4. The Kier molecular flexibility index (Phi) is 7.41. The molecule has 0 bridgehead atoms. The maximum atomic E-state index is 12.2. The van der Waals surface area contributed by atoms with E-state index in [9.17, 15) is 4.79 Å². The number of aromatic nitrogens is 1. The van der Waals surface area contributed by atoms with Crippen LogP contribution in [0.4, 0.5) is 5.13 Å². The molecule has 3 aromatic rings. The Labute approximate surface area is 175 Å². The molecule has 29 heavy (non-hydrogen) atoms. The molecule has 3 rings (SSSR count). The summed E-state index contributed by atoms with van der Waals surface area (Å²) in [5.41, 5.74) is 2.61. The second kappa shape index (κ2) is 10.4. The molecule has 2 aromatic carbocycles. The van der Waals surface area contributed by atoms with Gasteiger partial charge in [0.2, 0.25) is 5.91 Å². The summed E-state index contributed by atoms with van der Waals surface area (Å²) in [5.74, 6) is 1.39. The maximum absolute atomic E-state index is 12.2. The summed E-state index contributed by atoms with van der Waals surface area (Å²) in [5, 5.41) is 5.26. The minimum Gasteiger partial charge on any atom is -0.494 e. The van der Waals surface area contributed by atoms with Gasteiger partial charge in [-0.15, -0.1) is 11.3 Å². The molecule has 5 nitrogen and oxygen atoms in total. The molecule has 0 radical (unpaired) electrons. The Morgan fingerprint density at radius 3 is 2.66 bits per heavy atom. The van der Waals surface area contributed by atoms with Crippen LogP contribution in [-0.4, -0.2) is 24.1 Å². The van der Waals surface area contributed by atoms with Crippen molar-refractivity contribution in [2.75, 3.05) is 18.5 Å². The van der Waals surface area contributed by atoms with Crippen LogP contribution in [0.1, 0.15) is 25.8 Å². The Hall–Kier alpha value is -3.12. The zero-order valence-electron chi connectivity index (χ0n) is 16.6. The van der Waals surface area contributed by atoms with E-state index in [-0.39, 0.29) is 5.91 Å². The van der Waals surface area contributed by atoms with Crippen LogP contribution in [0.5, 0.6) is 11.5 Å². The van der Waals surface area contributed by atoms with Crippen molar-refractivity contribution in [1.82, 2.24) is 4.98 Å². The fourth-order valence-corrected chi connectivity index (χ4v) is 3.34. The molecule has 1 heterocycles. The lowest BCUT2D eigenvalue weighted by atomic mass is 10.1. The van der Waals surface area contributed by atoms with Crippen LogP contribution in [0.15, 0.2) is 60.0 Å². The van der Waals surface area contributed by atoms with Gasteiger partial charge in [-0.05, 0) is 49.2 Å². The van der Waals surface area contributed by atoms with Gasteiger partial charge in [0.05, 0.1) is 18.9 Å². The highest BCUT2D eigenvalue weighted by Gasteiger charge is 2.10. The molecule has 0 unspecified atom stereocenters. The van der Waals surface area contributed by atoms with Gasteiger partial charge < -0.3 is 9.47 Å². The lowest BCUT2D eigenvalue weighted by Crippen LogP contribution is -2.07. The average Bonchev–Trinajstić information content (AvgIpc) is 3.20. The number of carbonyl (C=O) groups is 1. The number of thiazole rings is 1. The average molecular weight is 409 g/mol. The van der Waals surface area contributed by atoms with Crippen LogP contribution >= 0.6 is 11.3 Å². The van der Waals surface area contributed by atoms with Crippen LogP contribution in [0.2, 0.25) is 0 Å². The van der Waals surface area contributed by atoms with Crippen molar-refractivity contribution in [3.05, 3.63) is 65.6 Å². The summed E-state index contributed by atoms with van der Waals surface area (Å²) in [7, 11) is 0. The van der Waals surface area contributed by atoms with Gasteiger partial charge in [0.15, 0.2) is 5.13 Å². The first-order chi connectivity index (χ1) is 14.2. The molecule has 0 saturated heterocycles. The van der Waals surface area contributed by atoms with Crippen molar-refractivity contribution in [3.63, 3.8) is 0 Å². The van der Waals surface area contributed by atoms with E-state index in [0.717, 1.165) is 34.7 Å². The highest BCUT2D eigenvalue weighted by Crippen LogP contribution is 2.32. The fourth-order valence-electron chi connectivity index (χ4n) is 2.63. The number of hydrogen-bond donors (Lipinski definition) is 1. The second-order valence-corrected chi connectivity index (χ2v) is 7.07. The monoisotopic (exact) mass is 408 g/mol. The molecule has 1 aromatic heterocycles. The van der Waals surface area contributed by atoms with Crippen molar-refractivity contribution >= 4 is 28.5 Å². The van der Waals surface area contributed by atoms with Crippen molar-refractivity contribution in [3.8, 4) is 22.8 Å². The number of anilines is 1. The van der Waals surface area contributed by atoms with E-state index >= 15 is 0 Å². The van der Waals surface area contributed by atoms with Gasteiger partial charge in [-0.2, -0.15) is 0 Å². The van der Waals surface area contributed by atoms with Gasteiger partial charge in [-0.3, -0.25) is 10.1 Å². The van der Waals surface area contributed by atoms with E-state index < -0.39 is 0 Å². The third-order valence-electron chi connectivity index (χ3n) is 3.98. The number of nitrogens with one attached hydrogen (secondary N) is 1. The topological polar surface area (TPSA) is 60.5 Å². The highest BCUT2D eigenvalue weighted by molar-refractivity contribution is 7.14. The summed E-state index contributed by atoms with van der Waals surface area (Å²) in [6.45, 7) is 5.30. The molecule has 1 N–H and O–H groups in total. The summed E-state index contributed by atoms with van der Waals surface area (Å²) in [4.78, 5) is 16.7. The largest absolute Gasteiger partial charge is 0.494 e. The number of rotatable bonds is 9. The van der Waals surface area contributed by atoms with Gasteiger partial charge in [-0.1, -0.05) is 31.2 Å². The fraction of sp³-hybridized carbons (Fsp3) is 0.217. The van der Waals surface area contributed by atoms with Crippen LogP contribution in [-0.2, 0) is 4.79 Å². The molecule has 0 aliphatic rings. The number of nitrogens with zero attached hydrogens (tertiary/aromatic N) is 1. The van der Waals surface area contributed by atoms with Crippen molar-refractivity contribution in [2.45, 2.75) is 20.3 Å². The molecule has 0 aliphatic carbocycles. The minimum atomic E-state index is -0.227. The molecule has 0 atom stereocenters. The number of para-hydroxylation sites is 1. The quantitative estimate of drug-likeness (QED) is 0.465. The van der Waals surface area contributed by atoms with Gasteiger partial charge >= 0.3 is 0 Å². The first kappa shape index (κ1) is 20.6. The van der Waals surface area contributed by atoms with E-state index in [1.165, 1.54) is 17.4 Å². The number of ether oxygens (including phenoxy) is 2. The first-order valence-corrected chi connectivity index (χ1v) is 10.5. The third kappa shape index (κ3) is 5.93. The SMILES string of the molecule is CCCOc1ccc(/C=C/C(=O)Nc2nc(-c3ccccc3OCC)cs2)cc1. The predicted octanol–water partition coefficient (Wildman–Crippen LogP) is 5.65. The first-order valence-electron chi connectivity index (χ1n) is 9.59. The number of carbonyl (C=O) groups excluding carboxylic acids is 1. The molecular formula is C23H24N2O3S. The molecule has 0 aliphatic heterocycles. The highest BCUT2D eigenvalue weighted by atomic mass is 32.1. The van der Waals surface area contributed by atoms with Gasteiger partial charge in [-0.25, -0.2) is 4.98 Å². The second-order valence-electron chi connectivity index (χ2n) is 6.21. The molecule has 0 saturated carbocycles. The molecule has 1 amide bonds. The molecule has 150 valence electrons. The number of amides is 1. The van der Waals surface area contributed by atoms with E-state index in [0.29, 0.717) is 18.3 Å². The van der Waals surface area contributed by atoms with Crippen LogP contribution in [0.25, 0.3) is 17.3 Å². The van der Waals surface area contributed by atoms with E-state index in [1.54, 1.807) is 6.08 Å². The van der Waals surface area contributed by atoms with Crippen LogP contribution in [0.3, 0.4) is 0 Å². The van der Waals surface area contributed by atoms with Crippen molar-refractivity contribution in [2.24, 2.45) is 0 Å². The van der Waals surface area contributed by atoms with Crippen molar-refractivity contribution in [1.29, 1.82) is 0 Å². The summed E-state index contributed by atoms with van der Waals surface area (Å²) in [6, 6.07) is 15.4. The minimum absolute atomic E-state index is 0.227. The van der Waals surface area contributed by atoms with Gasteiger partial charge in [0.25, 0.3) is 0 Å². The van der Waals surface area contributed by atoms with Crippen molar-refractivity contribution < 1.29 is 14.3 Å². The summed E-state index contributed by atoms with van der Waals surface area (Å²) >= 11 is 1.38. The van der Waals surface area contributed by atoms with E-state index in [2.05, 4.69) is 17.2 Å². The molecular weight excluding hydrogens is 384 g/mol. The normalized spacial score (nSPS) is 10.8. The van der Waals surface area contributed by atoms with Gasteiger partial charge in [0, 0.05) is 17.0 Å². The maximum Gasteiger partial charge on any atom is 0.250 e. The van der Waals surface area contributed by atoms with Crippen LogP contribution in [0, 0.1) is 0 Å². The summed E-state index contributed by atoms with van der Waals surface area (Å²) < 4.78 is 11.2. The van der Waals surface area contributed by atoms with Crippen LogP contribution < -0.4 is 14.8 Å². The standard InChI is InChI=1S/C23H24N2O3S/c1-3-15-28-18-12-9-17(10-13-18)11-14-22(26)25-23-24-20(16-29-23)19-7-5-6-8-21(19)27-4-2/h5-14,16H,3-4,15H2,1-2H3,(H,24,25,26)/b14-11+. The molecule has 0 spiro atoms. The Morgan fingerprint density at radius 1 is 1.10 bits per heavy atom.